The van der Waals surface area contributed by atoms with Crippen LogP contribution >= 0.6 is 11.3 Å². The van der Waals surface area contributed by atoms with Crippen LogP contribution in [-0.4, -0.2) is 24.2 Å². The second-order valence-electron chi connectivity index (χ2n) is 4.48. The highest BCUT2D eigenvalue weighted by Crippen LogP contribution is 2.34. The van der Waals surface area contributed by atoms with Crippen molar-refractivity contribution in [2.45, 2.75) is 39.2 Å². The van der Waals surface area contributed by atoms with Crippen LogP contribution in [0.4, 0.5) is 5.13 Å². The first-order chi connectivity index (χ1) is 6.86. The van der Waals surface area contributed by atoms with Gasteiger partial charge in [0.05, 0.1) is 16.2 Å². The Morgan fingerprint density at radius 2 is 2.00 bits per heavy atom. The van der Waals surface area contributed by atoms with Gasteiger partial charge in [0, 0.05) is 14.1 Å². The van der Waals surface area contributed by atoms with E-state index in [9.17, 15) is 5.11 Å². The van der Waals surface area contributed by atoms with Crippen molar-refractivity contribution in [3.8, 4) is 0 Å². The average Bonchev–Trinajstić information content (AvgIpc) is 2.48. The lowest BCUT2D eigenvalue weighted by atomic mass is 10.0. The first kappa shape index (κ1) is 12.5. The molecular formula is C11H20N2OS. The smallest absolute Gasteiger partial charge is 0.185 e. The fourth-order valence-electron chi connectivity index (χ4n) is 1.41. The third-order valence-corrected chi connectivity index (χ3v) is 3.69. The fraction of sp³-hybridized carbons (Fsp3) is 0.727. The summed E-state index contributed by atoms with van der Waals surface area (Å²) < 4.78 is 0. The summed E-state index contributed by atoms with van der Waals surface area (Å²) in [6, 6.07) is 0. The van der Waals surface area contributed by atoms with Gasteiger partial charge in [0.25, 0.3) is 0 Å². The predicted octanol–water partition coefficient (Wildman–Crippen LogP) is 2.39. The van der Waals surface area contributed by atoms with Crippen molar-refractivity contribution in [1.82, 2.24) is 4.98 Å². The molecule has 0 atom stereocenters. The lowest BCUT2D eigenvalue weighted by Crippen LogP contribution is -2.15. The summed E-state index contributed by atoms with van der Waals surface area (Å²) in [5.41, 5.74) is 0.259. The van der Waals surface area contributed by atoms with Crippen molar-refractivity contribution in [3.05, 3.63) is 10.6 Å². The van der Waals surface area contributed by atoms with Crippen molar-refractivity contribution >= 4 is 16.5 Å². The van der Waals surface area contributed by atoms with Crippen LogP contribution in [-0.2, 0) is 12.0 Å². The summed E-state index contributed by atoms with van der Waals surface area (Å²) in [7, 11) is 3.95. The summed E-state index contributed by atoms with van der Waals surface area (Å²) in [5.74, 6) is 0. The molecule has 0 aliphatic carbocycles. The molecule has 1 aromatic rings. The molecule has 0 amide bonds. The van der Waals surface area contributed by atoms with Gasteiger partial charge >= 0.3 is 0 Å². The van der Waals surface area contributed by atoms with Gasteiger partial charge in [-0.25, -0.2) is 4.98 Å². The maximum Gasteiger partial charge on any atom is 0.185 e. The van der Waals surface area contributed by atoms with Crippen molar-refractivity contribution in [2.75, 3.05) is 19.0 Å². The number of anilines is 1. The number of aromatic nitrogens is 1. The molecule has 0 bridgehead atoms. The Balaban J connectivity index is 3.12. The molecule has 3 nitrogen and oxygen atoms in total. The number of aliphatic hydroxyl groups is 1. The Bertz CT molecular complexity index is 326. The minimum Gasteiger partial charge on any atom is -0.385 e. The molecule has 0 aliphatic rings. The molecule has 0 radical (unpaired) electrons. The second-order valence-corrected chi connectivity index (χ2v) is 5.45. The summed E-state index contributed by atoms with van der Waals surface area (Å²) in [5, 5.41) is 11.0. The number of thiazole rings is 1. The quantitative estimate of drug-likeness (QED) is 0.859. The Morgan fingerprint density at radius 3 is 2.40 bits per heavy atom. The minimum absolute atomic E-state index is 0.781. The van der Waals surface area contributed by atoms with Gasteiger partial charge in [0.1, 0.15) is 0 Å². The molecule has 0 aromatic carbocycles. The third-order valence-electron chi connectivity index (χ3n) is 2.11. The van der Waals surface area contributed by atoms with E-state index in [0.29, 0.717) is 0 Å². The standard InChI is InChI=1S/C11H20N2OS/c1-6-7-8-9(11(2,3)14)15-10(12-8)13(4)5/h14H,6-7H2,1-5H3. The third kappa shape index (κ3) is 2.92. The van der Waals surface area contributed by atoms with Crippen molar-refractivity contribution < 1.29 is 5.11 Å². The van der Waals surface area contributed by atoms with Gasteiger partial charge in [-0.05, 0) is 20.3 Å². The maximum absolute atomic E-state index is 10.0. The molecule has 86 valence electrons. The van der Waals surface area contributed by atoms with E-state index in [1.54, 1.807) is 11.3 Å². The molecule has 0 saturated heterocycles. The van der Waals surface area contributed by atoms with Crippen LogP contribution in [0.25, 0.3) is 0 Å². The molecule has 0 saturated carbocycles. The van der Waals surface area contributed by atoms with Gasteiger partial charge in [0.2, 0.25) is 0 Å². The van der Waals surface area contributed by atoms with Crippen LogP contribution in [0.15, 0.2) is 0 Å². The van der Waals surface area contributed by atoms with E-state index in [2.05, 4.69) is 11.9 Å². The first-order valence-electron chi connectivity index (χ1n) is 5.26. The summed E-state index contributed by atoms with van der Waals surface area (Å²) in [6.45, 7) is 5.76. The molecule has 4 heteroatoms. The van der Waals surface area contributed by atoms with Crippen LogP contribution in [0.1, 0.15) is 37.8 Å². The lowest BCUT2D eigenvalue weighted by Gasteiger charge is -2.16. The van der Waals surface area contributed by atoms with Crippen molar-refractivity contribution in [2.24, 2.45) is 0 Å². The first-order valence-corrected chi connectivity index (χ1v) is 6.07. The van der Waals surface area contributed by atoms with Crippen LogP contribution in [0, 0.1) is 0 Å². The zero-order valence-electron chi connectivity index (χ0n) is 10.2. The molecular weight excluding hydrogens is 208 g/mol. The number of hydrogen-bond donors (Lipinski definition) is 1. The van der Waals surface area contributed by atoms with E-state index in [1.165, 1.54) is 0 Å². The van der Waals surface area contributed by atoms with E-state index in [4.69, 9.17) is 0 Å². The highest BCUT2D eigenvalue weighted by molar-refractivity contribution is 7.15. The lowest BCUT2D eigenvalue weighted by molar-refractivity contribution is 0.0813. The predicted molar refractivity (Wildman–Crippen MR) is 65.7 cm³/mol. The number of aryl methyl sites for hydroxylation is 1. The average molecular weight is 228 g/mol. The molecule has 0 fully saturated rings. The summed E-state index contributed by atoms with van der Waals surface area (Å²) in [6.07, 6.45) is 1.99. The fourth-order valence-corrected chi connectivity index (χ4v) is 2.45. The van der Waals surface area contributed by atoms with Gasteiger partial charge in [0.15, 0.2) is 5.13 Å². The maximum atomic E-state index is 10.0. The molecule has 1 N–H and O–H groups in total. The van der Waals surface area contributed by atoms with E-state index in [0.717, 1.165) is 28.5 Å². The Morgan fingerprint density at radius 1 is 1.40 bits per heavy atom. The Labute approximate surface area is 95.8 Å². The van der Waals surface area contributed by atoms with Crippen molar-refractivity contribution in [1.29, 1.82) is 0 Å². The largest absolute Gasteiger partial charge is 0.385 e. The van der Waals surface area contributed by atoms with E-state index in [-0.39, 0.29) is 0 Å². The Hall–Kier alpha value is -0.610. The highest BCUT2D eigenvalue weighted by atomic mass is 32.1. The van der Waals surface area contributed by atoms with Crippen LogP contribution < -0.4 is 4.90 Å². The van der Waals surface area contributed by atoms with Gasteiger partial charge < -0.3 is 10.0 Å². The van der Waals surface area contributed by atoms with Crippen molar-refractivity contribution in [3.63, 3.8) is 0 Å². The van der Waals surface area contributed by atoms with Gasteiger partial charge in [-0.3, -0.25) is 0 Å². The highest BCUT2D eigenvalue weighted by Gasteiger charge is 2.24. The normalized spacial score (nSPS) is 11.9. The Kier molecular flexibility index (Phi) is 3.73. The van der Waals surface area contributed by atoms with E-state index < -0.39 is 5.60 Å². The van der Waals surface area contributed by atoms with E-state index in [1.807, 2.05) is 32.8 Å². The molecule has 1 aromatic heterocycles. The van der Waals surface area contributed by atoms with E-state index >= 15 is 0 Å². The van der Waals surface area contributed by atoms with Crippen LogP contribution in [0.5, 0.6) is 0 Å². The van der Waals surface area contributed by atoms with Crippen LogP contribution in [0.2, 0.25) is 0 Å². The topological polar surface area (TPSA) is 36.4 Å². The van der Waals surface area contributed by atoms with Gasteiger partial charge in [-0.2, -0.15) is 0 Å². The zero-order valence-corrected chi connectivity index (χ0v) is 11.0. The summed E-state index contributed by atoms with van der Waals surface area (Å²) in [4.78, 5) is 7.53. The number of hydrogen-bond acceptors (Lipinski definition) is 4. The molecule has 0 aliphatic heterocycles. The van der Waals surface area contributed by atoms with Gasteiger partial charge in [-0.15, -0.1) is 0 Å². The monoisotopic (exact) mass is 228 g/mol. The number of rotatable bonds is 4. The minimum atomic E-state index is -0.781. The zero-order chi connectivity index (χ0) is 11.6. The van der Waals surface area contributed by atoms with Crippen LogP contribution in [0.3, 0.4) is 0 Å². The molecule has 1 rings (SSSR count). The SMILES string of the molecule is CCCc1nc(N(C)C)sc1C(C)(C)O. The molecule has 1 heterocycles. The number of nitrogens with zero attached hydrogens (tertiary/aromatic N) is 2. The van der Waals surface area contributed by atoms with Gasteiger partial charge in [-0.1, -0.05) is 24.7 Å². The molecule has 15 heavy (non-hydrogen) atoms. The molecule has 0 spiro atoms. The molecule has 0 unspecified atom stereocenters. The summed E-state index contributed by atoms with van der Waals surface area (Å²) >= 11 is 1.58. The second kappa shape index (κ2) is 4.49.